The van der Waals surface area contributed by atoms with Crippen LogP contribution in [0.3, 0.4) is 0 Å². The van der Waals surface area contributed by atoms with Gasteiger partial charge in [0.2, 0.25) is 5.76 Å². The number of esters is 1. The summed E-state index contributed by atoms with van der Waals surface area (Å²) < 4.78 is 16.4. The zero-order valence-corrected chi connectivity index (χ0v) is 15.5. The highest BCUT2D eigenvalue weighted by Gasteiger charge is 2.13. The van der Waals surface area contributed by atoms with Gasteiger partial charge in [0.25, 0.3) is 0 Å². The molecule has 0 amide bonds. The number of halogens is 2. The molecule has 0 fully saturated rings. The zero-order chi connectivity index (χ0) is 18.5. The molecule has 0 unspecified atom stereocenters. The number of rotatable bonds is 6. The van der Waals surface area contributed by atoms with Crippen molar-refractivity contribution in [2.45, 2.75) is 20.1 Å². The second kappa shape index (κ2) is 8.30. The molecular weight excluding hydrogens is 375 g/mol. The number of hydrogen-bond acceptors (Lipinski definition) is 4. The molecule has 0 spiro atoms. The lowest BCUT2D eigenvalue weighted by molar-refractivity contribution is 0.0432. The van der Waals surface area contributed by atoms with Crippen molar-refractivity contribution in [1.82, 2.24) is 0 Å². The molecule has 0 aliphatic rings. The van der Waals surface area contributed by atoms with Gasteiger partial charge in [-0.15, -0.1) is 0 Å². The molecule has 3 aromatic rings. The largest absolute Gasteiger partial charge is 0.486 e. The van der Waals surface area contributed by atoms with Crippen molar-refractivity contribution in [3.05, 3.63) is 87.3 Å². The van der Waals surface area contributed by atoms with E-state index < -0.39 is 5.97 Å². The van der Waals surface area contributed by atoms with E-state index in [-0.39, 0.29) is 19.0 Å². The van der Waals surface area contributed by atoms with Gasteiger partial charge in [-0.05, 0) is 60.5 Å². The summed E-state index contributed by atoms with van der Waals surface area (Å²) in [6.45, 7) is 2.25. The van der Waals surface area contributed by atoms with Crippen LogP contribution in [0.1, 0.15) is 27.4 Å². The summed E-state index contributed by atoms with van der Waals surface area (Å²) in [7, 11) is 0. The summed E-state index contributed by atoms with van der Waals surface area (Å²) in [5.41, 5.74) is 1.77. The van der Waals surface area contributed by atoms with Gasteiger partial charge in [0.1, 0.15) is 24.7 Å². The molecule has 1 aromatic heterocycles. The van der Waals surface area contributed by atoms with E-state index in [0.717, 1.165) is 11.1 Å². The minimum absolute atomic E-state index is 0.129. The third kappa shape index (κ3) is 4.81. The Morgan fingerprint density at radius 3 is 2.50 bits per heavy atom. The molecule has 0 aliphatic carbocycles. The molecule has 2 aromatic carbocycles. The molecule has 0 aliphatic heterocycles. The van der Waals surface area contributed by atoms with Gasteiger partial charge in [-0.3, -0.25) is 0 Å². The summed E-state index contributed by atoms with van der Waals surface area (Å²) in [6, 6.07) is 15.7. The smallest absolute Gasteiger partial charge is 0.374 e. The van der Waals surface area contributed by atoms with Crippen LogP contribution < -0.4 is 4.74 Å². The number of hydrogen-bond donors (Lipinski definition) is 0. The van der Waals surface area contributed by atoms with Crippen molar-refractivity contribution in [2.75, 3.05) is 0 Å². The molecule has 3 rings (SSSR count). The van der Waals surface area contributed by atoms with Crippen LogP contribution in [0.2, 0.25) is 10.0 Å². The van der Waals surface area contributed by atoms with Crippen molar-refractivity contribution >= 4 is 29.2 Å². The van der Waals surface area contributed by atoms with Crippen LogP contribution >= 0.6 is 23.2 Å². The average Bonchev–Trinajstić information content (AvgIpc) is 3.11. The molecule has 0 saturated heterocycles. The highest BCUT2D eigenvalue weighted by Crippen LogP contribution is 2.22. The maximum Gasteiger partial charge on any atom is 0.374 e. The van der Waals surface area contributed by atoms with Crippen LogP contribution in [0.5, 0.6) is 5.75 Å². The molecule has 26 heavy (non-hydrogen) atoms. The van der Waals surface area contributed by atoms with E-state index in [2.05, 4.69) is 0 Å². The molecule has 134 valence electrons. The molecule has 0 saturated carbocycles. The molecule has 0 N–H and O–H groups in total. The van der Waals surface area contributed by atoms with Crippen molar-refractivity contribution < 1.29 is 18.7 Å². The summed E-state index contributed by atoms with van der Waals surface area (Å²) in [5.74, 6) is 0.796. The molecule has 1 heterocycles. The van der Waals surface area contributed by atoms with Crippen LogP contribution in [0.15, 0.2) is 59.0 Å². The summed E-state index contributed by atoms with van der Waals surface area (Å²) in [5, 5.41) is 1.31. The number of aryl methyl sites for hydroxylation is 1. The monoisotopic (exact) mass is 390 g/mol. The third-order valence-electron chi connectivity index (χ3n) is 3.66. The van der Waals surface area contributed by atoms with Crippen LogP contribution in [-0.4, -0.2) is 5.97 Å². The van der Waals surface area contributed by atoms with Crippen LogP contribution in [0, 0.1) is 6.92 Å². The number of benzene rings is 2. The van der Waals surface area contributed by atoms with Gasteiger partial charge in [-0.1, -0.05) is 35.3 Å². The second-order valence-electron chi connectivity index (χ2n) is 5.67. The van der Waals surface area contributed by atoms with Gasteiger partial charge < -0.3 is 13.9 Å². The highest BCUT2D eigenvalue weighted by atomic mass is 35.5. The van der Waals surface area contributed by atoms with E-state index in [1.807, 2.05) is 13.0 Å². The Morgan fingerprint density at radius 1 is 1.00 bits per heavy atom. The van der Waals surface area contributed by atoms with Gasteiger partial charge in [0.05, 0.1) is 0 Å². The lowest BCUT2D eigenvalue weighted by Gasteiger charge is -2.06. The topological polar surface area (TPSA) is 48.7 Å². The van der Waals surface area contributed by atoms with E-state index in [1.165, 1.54) is 0 Å². The predicted octanol–water partition coefficient (Wildman–Crippen LogP) is 5.83. The fraction of sp³-hybridized carbons (Fsp3) is 0.150. The molecule has 0 atom stereocenters. The van der Waals surface area contributed by atoms with Gasteiger partial charge in [0.15, 0.2) is 0 Å². The lowest BCUT2D eigenvalue weighted by atomic mass is 10.2. The number of carbonyl (C=O) groups excluding carboxylic acids is 1. The Hall–Kier alpha value is -2.43. The van der Waals surface area contributed by atoms with Crippen LogP contribution in [0.25, 0.3) is 0 Å². The van der Waals surface area contributed by atoms with E-state index in [1.54, 1.807) is 48.5 Å². The summed E-state index contributed by atoms with van der Waals surface area (Å²) in [4.78, 5) is 12.1. The Balaban J connectivity index is 1.54. The first kappa shape index (κ1) is 18.4. The fourth-order valence-electron chi connectivity index (χ4n) is 2.23. The van der Waals surface area contributed by atoms with Crippen molar-refractivity contribution in [3.63, 3.8) is 0 Å². The van der Waals surface area contributed by atoms with E-state index in [4.69, 9.17) is 37.1 Å². The summed E-state index contributed by atoms with van der Waals surface area (Å²) >= 11 is 11.8. The second-order valence-corrected chi connectivity index (χ2v) is 6.51. The Morgan fingerprint density at radius 2 is 1.77 bits per heavy atom. The van der Waals surface area contributed by atoms with Crippen molar-refractivity contribution in [1.29, 1.82) is 0 Å². The van der Waals surface area contributed by atoms with Crippen molar-refractivity contribution in [2.24, 2.45) is 0 Å². The van der Waals surface area contributed by atoms with Gasteiger partial charge in [-0.2, -0.15) is 0 Å². The predicted molar refractivity (Wildman–Crippen MR) is 99.8 cm³/mol. The zero-order valence-electron chi connectivity index (χ0n) is 14.0. The van der Waals surface area contributed by atoms with Gasteiger partial charge >= 0.3 is 5.97 Å². The standard InChI is InChI=1S/C20H16Cl2O4/c1-13-10-16(6-8-18(13)22)24-12-17-7-9-19(26-17)20(23)25-11-14-2-4-15(21)5-3-14/h2-10H,11-12H2,1H3. The normalized spacial score (nSPS) is 10.6. The van der Waals surface area contributed by atoms with E-state index in [9.17, 15) is 4.79 Å². The first-order valence-corrected chi connectivity index (χ1v) is 8.66. The van der Waals surface area contributed by atoms with Crippen LogP contribution in [-0.2, 0) is 18.0 Å². The van der Waals surface area contributed by atoms with Crippen LogP contribution in [0.4, 0.5) is 0 Å². The van der Waals surface area contributed by atoms with Gasteiger partial charge in [0, 0.05) is 10.0 Å². The maximum absolute atomic E-state index is 12.1. The third-order valence-corrected chi connectivity index (χ3v) is 4.33. The van der Waals surface area contributed by atoms with E-state index >= 15 is 0 Å². The highest BCUT2D eigenvalue weighted by molar-refractivity contribution is 6.31. The lowest BCUT2D eigenvalue weighted by Crippen LogP contribution is -2.04. The Bertz CT molecular complexity index is 900. The first-order valence-electron chi connectivity index (χ1n) is 7.90. The average molecular weight is 391 g/mol. The molecule has 0 bridgehead atoms. The minimum Gasteiger partial charge on any atom is -0.486 e. The maximum atomic E-state index is 12.1. The number of furan rings is 1. The molecule has 0 radical (unpaired) electrons. The SMILES string of the molecule is Cc1cc(OCc2ccc(C(=O)OCc3ccc(Cl)cc3)o2)ccc1Cl. The Labute approximate surface area is 161 Å². The summed E-state index contributed by atoms with van der Waals surface area (Å²) in [6.07, 6.45) is 0. The molecule has 6 heteroatoms. The molecular formula is C20H16Cl2O4. The fourth-order valence-corrected chi connectivity index (χ4v) is 2.47. The quantitative estimate of drug-likeness (QED) is 0.496. The first-order chi connectivity index (χ1) is 12.5. The van der Waals surface area contributed by atoms with Crippen molar-refractivity contribution in [3.8, 4) is 5.75 Å². The number of carbonyl (C=O) groups is 1. The minimum atomic E-state index is -0.534. The Kier molecular flexibility index (Phi) is 5.86. The molecule has 4 nitrogen and oxygen atoms in total. The van der Waals surface area contributed by atoms with Gasteiger partial charge in [-0.25, -0.2) is 4.79 Å². The van der Waals surface area contributed by atoms with E-state index in [0.29, 0.717) is 21.6 Å². The number of ether oxygens (including phenoxy) is 2.